The molecule has 21 heavy (non-hydrogen) atoms. The monoisotopic (exact) mass is 345 g/mol. The van der Waals surface area contributed by atoms with Crippen LogP contribution in [0.2, 0.25) is 15.1 Å². The van der Waals surface area contributed by atoms with Crippen LogP contribution in [0.25, 0.3) is 11.3 Å². The zero-order valence-electron chi connectivity index (χ0n) is 11.1. The second kappa shape index (κ2) is 6.52. The van der Waals surface area contributed by atoms with Crippen molar-refractivity contribution in [1.29, 1.82) is 0 Å². The highest BCUT2D eigenvalue weighted by Crippen LogP contribution is 2.38. The smallest absolute Gasteiger partial charge is 0.356 e. The Morgan fingerprint density at radius 1 is 1.05 bits per heavy atom. The van der Waals surface area contributed by atoms with E-state index in [1.807, 2.05) is 0 Å². The van der Waals surface area contributed by atoms with E-state index in [1.165, 1.54) is 26.4 Å². The molecule has 1 aromatic carbocycles. The van der Waals surface area contributed by atoms with Crippen LogP contribution >= 0.6 is 34.8 Å². The van der Waals surface area contributed by atoms with Crippen LogP contribution in [0.5, 0.6) is 5.75 Å². The predicted molar refractivity (Wildman–Crippen MR) is 82.6 cm³/mol. The molecule has 0 aliphatic heterocycles. The van der Waals surface area contributed by atoms with Crippen molar-refractivity contribution in [3.8, 4) is 17.0 Å². The summed E-state index contributed by atoms with van der Waals surface area (Å²) in [7, 11) is 2.77. The molecule has 110 valence electrons. The quantitative estimate of drug-likeness (QED) is 0.606. The van der Waals surface area contributed by atoms with Crippen molar-refractivity contribution in [2.75, 3.05) is 14.2 Å². The number of hydrogen-bond acceptors (Lipinski definition) is 4. The third kappa shape index (κ3) is 3.23. The van der Waals surface area contributed by atoms with Crippen LogP contribution < -0.4 is 4.74 Å². The number of halogens is 3. The first-order chi connectivity index (χ1) is 9.97. The first-order valence-electron chi connectivity index (χ1n) is 5.76. The van der Waals surface area contributed by atoms with Crippen LogP contribution in [0.3, 0.4) is 0 Å². The lowest BCUT2D eigenvalue weighted by atomic mass is 10.1. The van der Waals surface area contributed by atoms with E-state index in [-0.39, 0.29) is 5.69 Å². The van der Waals surface area contributed by atoms with Gasteiger partial charge in [0.05, 0.1) is 29.3 Å². The summed E-state index contributed by atoms with van der Waals surface area (Å²) in [5, 5.41) is 0.995. The van der Waals surface area contributed by atoms with Gasteiger partial charge in [-0.05, 0) is 24.3 Å². The van der Waals surface area contributed by atoms with Crippen molar-refractivity contribution >= 4 is 40.8 Å². The molecule has 2 rings (SSSR count). The number of esters is 1. The van der Waals surface area contributed by atoms with E-state index in [1.54, 1.807) is 12.1 Å². The van der Waals surface area contributed by atoms with Gasteiger partial charge < -0.3 is 9.47 Å². The van der Waals surface area contributed by atoms with Gasteiger partial charge in [-0.2, -0.15) is 0 Å². The first-order valence-corrected chi connectivity index (χ1v) is 6.89. The predicted octanol–water partition coefficient (Wildman–Crippen LogP) is 4.50. The van der Waals surface area contributed by atoms with E-state index in [2.05, 4.69) is 9.72 Å². The topological polar surface area (TPSA) is 48.4 Å². The van der Waals surface area contributed by atoms with Crippen molar-refractivity contribution in [2.45, 2.75) is 0 Å². The maximum atomic E-state index is 11.6. The molecule has 0 aliphatic rings. The van der Waals surface area contributed by atoms with Gasteiger partial charge in [-0.3, -0.25) is 0 Å². The van der Waals surface area contributed by atoms with Gasteiger partial charge in [0.15, 0.2) is 0 Å². The molecular formula is C14H10Cl3NO3. The standard InChI is InChI=1S/C14H10Cl3NO3/c1-20-12-4-3-11(14(19)21-2)18-13(12)7-5-9(16)10(17)6-8(7)15/h3-6H,1-2H3. The van der Waals surface area contributed by atoms with E-state index in [0.717, 1.165) is 0 Å². The molecule has 0 saturated carbocycles. The van der Waals surface area contributed by atoms with Gasteiger partial charge in [0, 0.05) is 5.56 Å². The maximum absolute atomic E-state index is 11.6. The third-order valence-electron chi connectivity index (χ3n) is 2.74. The Kier molecular flexibility index (Phi) is 4.93. The average molecular weight is 347 g/mol. The van der Waals surface area contributed by atoms with Crippen molar-refractivity contribution in [3.05, 3.63) is 45.0 Å². The second-order valence-electron chi connectivity index (χ2n) is 3.99. The summed E-state index contributed by atoms with van der Waals surface area (Å²) >= 11 is 18.1. The molecule has 0 aliphatic carbocycles. The highest BCUT2D eigenvalue weighted by molar-refractivity contribution is 6.44. The summed E-state index contributed by atoms with van der Waals surface area (Å²) in [5.74, 6) is -0.113. The fraction of sp³-hybridized carbons (Fsp3) is 0.143. The Hall–Kier alpha value is -1.49. The highest BCUT2D eigenvalue weighted by Gasteiger charge is 2.17. The number of methoxy groups -OCH3 is 2. The lowest BCUT2D eigenvalue weighted by molar-refractivity contribution is 0.0594. The number of rotatable bonds is 3. The van der Waals surface area contributed by atoms with Crippen LogP contribution in [0.15, 0.2) is 24.3 Å². The van der Waals surface area contributed by atoms with Gasteiger partial charge in [0.25, 0.3) is 0 Å². The van der Waals surface area contributed by atoms with E-state index in [4.69, 9.17) is 39.5 Å². The van der Waals surface area contributed by atoms with Crippen LogP contribution in [0.1, 0.15) is 10.5 Å². The summed E-state index contributed by atoms with van der Waals surface area (Å²) in [4.78, 5) is 15.8. The van der Waals surface area contributed by atoms with Gasteiger partial charge >= 0.3 is 5.97 Å². The fourth-order valence-corrected chi connectivity index (χ4v) is 2.36. The molecule has 1 heterocycles. The molecule has 0 amide bonds. The second-order valence-corrected chi connectivity index (χ2v) is 5.21. The van der Waals surface area contributed by atoms with Gasteiger partial charge in [-0.1, -0.05) is 34.8 Å². The Bertz CT molecular complexity index is 704. The molecule has 0 saturated heterocycles. The average Bonchev–Trinajstić information content (AvgIpc) is 2.49. The SMILES string of the molecule is COC(=O)c1ccc(OC)c(-c2cc(Cl)c(Cl)cc2Cl)n1. The van der Waals surface area contributed by atoms with Gasteiger partial charge in [0.1, 0.15) is 17.1 Å². The zero-order chi connectivity index (χ0) is 15.6. The summed E-state index contributed by atoms with van der Waals surface area (Å²) in [6.45, 7) is 0. The number of benzene rings is 1. The van der Waals surface area contributed by atoms with E-state index >= 15 is 0 Å². The zero-order valence-corrected chi connectivity index (χ0v) is 13.4. The minimum absolute atomic E-state index is 0.135. The lowest BCUT2D eigenvalue weighted by Gasteiger charge is -2.11. The number of ether oxygens (including phenoxy) is 2. The number of carbonyl (C=O) groups is 1. The van der Waals surface area contributed by atoms with E-state index in [9.17, 15) is 4.79 Å². The van der Waals surface area contributed by atoms with Crippen LogP contribution in [-0.4, -0.2) is 25.2 Å². The molecular weight excluding hydrogens is 337 g/mol. The minimum atomic E-state index is -0.560. The third-order valence-corrected chi connectivity index (χ3v) is 3.77. The maximum Gasteiger partial charge on any atom is 0.356 e. The largest absolute Gasteiger partial charge is 0.494 e. The lowest BCUT2D eigenvalue weighted by Crippen LogP contribution is -2.05. The summed E-state index contributed by atoms with van der Waals surface area (Å²) in [6.07, 6.45) is 0. The summed E-state index contributed by atoms with van der Waals surface area (Å²) in [5.41, 5.74) is 1.02. The molecule has 0 atom stereocenters. The number of aromatic nitrogens is 1. The summed E-state index contributed by atoms with van der Waals surface area (Å²) < 4.78 is 9.90. The number of nitrogens with zero attached hydrogens (tertiary/aromatic N) is 1. The molecule has 0 spiro atoms. The Balaban J connectivity index is 2.66. The van der Waals surface area contributed by atoms with Crippen LogP contribution in [-0.2, 0) is 4.74 Å². The molecule has 4 nitrogen and oxygen atoms in total. The van der Waals surface area contributed by atoms with Crippen LogP contribution in [0.4, 0.5) is 0 Å². The number of hydrogen-bond donors (Lipinski definition) is 0. The van der Waals surface area contributed by atoms with Gasteiger partial charge in [0.2, 0.25) is 0 Å². The normalized spacial score (nSPS) is 10.3. The minimum Gasteiger partial charge on any atom is -0.494 e. The van der Waals surface area contributed by atoms with Crippen molar-refractivity contribution in [2.24, 2.45) is 0 Å². The number of carbonyl (C=O) groups excluding carboxylic acids is 1. The molecule has 0 N–H and O–H groups in total. The number of pyridine rings is 1. The molecule has 7 heteroatoms. The summed E-state index contributed by atoms with van der Waals surface area (Å²) in [6, 6.07) is 6.18. The molecule has 0 unspecified atom stereocenters. The Labute approximate surface area is 136 Å². The van der Waals surface area contributed by atoms with Crippen molar-refractivity contribution in [1.82, 2.24) is 4.98 Å². The fourth-order valence-electron chi connectivity index (χ4n) is 1.73. The molecule has 0 radical (unpaired) electrons. The molecule has 1 aromatic heterocycles. The first kappa shape index (κ1) is 15.9. The van der Waals surface area contributed by atoms with Gasteiger partial charge in [-0.25, -0.2) is 9.78 Å². The van der Waals surface area contributed by atoms with Crippen molar-refractivity contribution in [3.63, 3.8) is 0 Å². The molecule has 0 bridgehead atoms. The molecule has 0 fully saturated rings. The van der Waals surface area contributed by atoms with Gasteiger partial charge in [-0.15, -0.1) is 0 Å². The van der Waals surface area contributed by atoms with E-state index < -0.39 is 5.97 Å². The van der Waals surface area contributed by atoms with E-state index in [0.29, 0.717) is 32.1 Å². The Morgan fingerprint density at radius 2 is 1.71 bits per heavy atom. The van der Waals surface area contributed by atoms with Crippen LogP contribution in [0, 0.1) is 0 Å². The highest BCUT2D eigenvalue weighted by atomic mass is 35.5. The Morgan fingerprint density at radius 3 is 2.33 bits per heavy atom. The van der Waals surface area contributed by atoms with Crippen molar-refractivity contribution < 1.29 is 14.3 Å². The molecule has 2 aromatic rings.